The van der Waals surface area contributed by atoms with Crippen LogP contribution in [0.4, 0.5) is 4.79 Å². The second-order valence-electron chi connectivity index (χ2n) is 8.77. The van der Waals surface area contributed by atoms with Crippen LogP contribution in [-0.2, 0) is 20.6 Å². The summed E-state index contributed by atoms with van der Waals surface area (Å²) in [5, 5.41) is 42.5. The number of rotatable bonds is 8. The van der Waals surface area contributed by atoms with E-state index in [1.807, 2.05) is 24.3 Å². The number of methoxy groups -OCH3 is 1. The lowest BCUT2D eigenvalue weighted by atomic mass is 9.98. The molecular formula is C26H28O11. The van der Waals surface area contributed by atoms with Gasteiger partial charge in [-0.15, -0.1) is 0 Å². The van der Waals surface area contributed by atoms with Crippen LogP contribution in [0.2, 0.25) is 0 Å². The Labute approximate surface area is 211 Å². The number of fused-ring (bicyclic) bond motifs is 1. The number of aliphatic hydroxyl groups is 3. The molecule has 0 bridgehead atoms. The normalized spacial score (nSPS) is 23.5. The summed E-state index contributed by atoms with van der Waals surface area (Å²) < 4.78 is 25.8. The molecule has 0 aliphatic carbocycles. The Hall–Kier alpha value is -3.64. The van der Waals surface area contributed by atoms with Crippen molar-refractivity contribution in [3.8, 4) is 11.5 Å². The van der Waals surface area contributed by atoms with Crippen molar-refractivity contribution < 1.29 is 53.4 Å². The number of carbonyl (C=O) groups is 2. The summed E-state index contributed by atoms with van der Waals surface area (Å²) in [4.78, 5) is 24.5. The van der Waals surface area contributed by atoms with E-state index in [2.05, 4.69) is 4.74 Å². The Morgan fingerprint density at radius 2 is 1.81 bits per heavy atom. The topological polar surface area (TPSA) is 165 Å². The van der Waals surface area contributed by atoms with Crippen molar-refractivity contribution in [1.82, 2.24) is 0 Å². The number of benzene rings is 2. The number of ether oxygens (including phenoxy) is 4. The van der Waals surface area contributed by atoms with Crippen molar-refractivity contribution in [1.29, 1.82) is 0 Å². The van der Waals surface area contributed by atoms with Gasteiger partial charge in [-0.1, -0.05) is 6.07 Å². The number of carbonyl (C=O) groups excluding carboxylic acids is 2. The van der Waals surface area contributed by atoms with Gasteiger partial charge < -0.3 is 43.8 Å². The zero-order chi connectivity index (χ0) is 26.7. The average Bonchev–Trinajstić information content (AvgIpc) is 3.34. The largest absolute Gasteiger partial charge is 0.508 e. The van der Waals surface area contributed by atoms with E-state index in [4.69, 9.17) is 18.6 Å². The van der Waals surface area contributed by atoms with Crippen LogP contribution in [0.15, 0.2) is 47.1 Å². The number of furan rings is 1. The average molecular weight is 516 g/mol. The van der Waals surface area contributed by atoms with Gasteiger partial charge in [-0.05, 0) is 54.8 Å². The first-order chi connectivity index (χ1) is 17.7. The van der Waals surface area contributed by atoms with Crippen LogP contribution in [-0.4, -0.2) is 76.8 Å². The molecule has 0 saturated carbocycles. The van der Waals surface area contributed by atoms with Crippen LogP contribution < -0.4 is 4.74 Å². The van der Waals surface area contributed by atoms with E-state index in [0.717, 1.165) is 23.6 Å². The fraction of sp³-hybridized carbons (Fsp3) is 0.385. The molecule has 3 aromatic rings. The molecule has 3 unspecified atom stereocenters. The Morgan fingerprint density at radius 3 is 2.57 bits per heavy atom. The van der Waals surface area contributed by atoms with E-state index in [1.54, 1.807) is 13.2 Å². The van der Waals surface area contributed by atoms with Crippen molar-refractivity contribution >= 4 is 22.9 Å². The highest BCUT2D eigenvalue weighted by Crippen LogP contribution is 2.34. The molecule has 2 heterocycles. The molecule has 11 nitrogen and oxygen atoms in total. The maximum Gasteiger partial charge on any atom is 0.508 e. The van der Waals surface area contributed by atoms with Crippen molar-refractivity contribution in [3.05, 3.63) is 59.4 Å². The zero-order valence-corrected chi connectivity index (χ0v) is 20.2. The van der Waals surface area contributed by atoms with Gasteiger partial charge in [-0.2, -0.15) is 0 Å². The van der Waals surface area contributed by atoms with Gasteiger partial charge in [0.1, 0.15) is 53.7 Å². The molecule has 1 aliphatic rings. The number of Topliss-reactive ketones (excluding diaryl/α,β-unsaturated/α-hetero) is 1. The summed E-state index contributed by atoms with van der Waals surface area (Å²) in [6.07, 6.45) is -6.86. The van der Waals surface area contributed by atoms with Gasteiger partial charge in [0.2, 0.25) is 6.29 Å². The molecule has 1 fully saturated rings. The lowest BCUT2D eigenvalue weighted by molar-refractivity contribution is -0.277. The molecule has 0 radical (unpaired) electrons. The highest BCUT2D eigenvalue weighted by Gasteiger charge is 2.46. The molecule has 2 aromatic carbocycles. The zero-order valence-electron chi connectivity index (χ0n) is 20.2. The molecule has 4 N–H and O–H groups in total. The van der Waals surface area contributed by atoms with Crippen molar-refractivity contribution in [2.75, 3.05) is 13.7 Å². The summed E-state index contributed by atoms with van der Waals surface area (Å²) in [5.74, 6) is -0.814. The molecule has 1 aromatic heterocycles. The third-order valence-electron chi connectivity index (χ3n) is 6.11. The monoisotopic (exact) mass is 516 g/mol. The minimum Gasteiger partial charge on any atom is -0.507 e. The van der Waals surface area contributed by atoms with E-state index in [0.29, 0.717) is 12.0 Å². The minimum atomic E-state index is -1.71. The fourth-order valence-corrected chi connectivity index (χ4v) is 4.15. The van der Waals surface area contributed by atoms with Gasteiger partial charge in [0.05, 0.1) is 13.4 Å². The van der Waals surface area contributed by atoms with E-state index in [9.17, 15) is 30.0 Å². The number of hydrogen-bond acceptors (Lipinski definition) is 11. The van der Waals surface area contributed by atoms with Crippen LogP contribution in [0.3, 0.4) is 0 Å². The fourth-order valence-electron chi connectivity index (χ4n) is 4.15. The lowest BCUT2D eigenvalue weighted by Gasteiger charge is -2.40. The molecule has 0 spiro atoms. The summed E-state index contributed by atoms with van der Waals surface area (Å²) in [5.41, 5.74) is 2.07. The maximum absolute atomic E-state index is 13.2. The lowest BCUT2D eigenvalue weighted by Crippen LogP contribution is -2.60. The third-order valence-corrected chi connectivity index (χ3v) is 6.11. The van der Waals surface area contributed by atoms with Gasteiger partial charge in [-0.25, -0.2) is 4.79 Å². The number of phenols is 1. The molecule has 1 aliphatic heterocycles. The van der Waals surface area contributed by atoms with Gasteiger partial charge >= 0.3 is 6.16 Å². The molecular weight excluding hydrogens is 488 g/mol. The van der Waals surface area contributed by atoms with Crippen LogP contribution in [0.1, 0.15) is 27.9 Å². The predicted molar refractivity (Wildman–Crippen MR) is 127 cm³/mol. The third kappa shape index (κ3) is 5.86. The van der Waals surface area contributed by atoms with Gasteiger partial charge in [0.25, 0.3) is 0 Å². The quantitative estimate of drug-likeness (QED) is 0.256. The second-order valence-corrected chi connectivity index (χ2v) is 8.77. The number of ketones is 1. The molecule has 5 atom stereocenters. The predicted octanol–water partition coefficient (Wildman–Crippen LogP) is 2.23. The van der Waals surface area contributed by atoms with Crippen molar-refractivity contribution in [2.24, 2.45) is 0 Å². The first-order valence-corrected chi connectivity index (χ1v) is 11.6. The SMILES string of the molecule is COC(=O)OCC1OC(Oc2cc(C)cc(O)c2C(=O)CCc2ccc3occc3c2)C(O)[C@@H](O)[C@@H]1O. The van der Waals surface area contributed by atoms with E-state index in [-0.39, 0.29) is 23.5 Å². The summed E-state index contributed by atoms with van der Waals surface area (Å²) in [6.45, 7) is 1.17. The summed E-state index contributed by atoms with van der Waals surface area (Å²) in [6, 6.07) is 10.3. The summed E-state index contributed by atoms with van der Waals surface area (Å²) in [7, 11) is 1.10. The van der Waals surface area contributed by atoms with Crippen LogP contribution in [0.25, 0.3) is 11.0 Å². The highest BCUT2D eigenvalue weighted by molar-refractivity contribution is 6.01. The Bertz CT molecular complexity index is 1270. The minimum absolute atomic E-state index is 0.0430. The smallest absolute Gasteiger partial charge is 0.507 e. The Morgan fingerprint density at radius 1 is 1.03 bits per heavy atom. The molecule has 198 valence electrons. The second kappa shape index (κ2) is 11.2. The molecule has 37 heavy (non-hydrogen) atoms. The highest BCUT2D eigenvalue weighted by atomic mass is 16.7. The van der Waals surface area contributed by atoms with Crippen molar-refractivity contribution in [2.45, 2.75) is 50.5 Å². The van der Waals surface area contributed by atoms with E-state index in [1.165, 1.54) is 12.1 Å². The van der Waals surface area contributed by atoms with Gasteiger partial charge in [-0.3, -0.25) is 4.79 Å². The van der Waals surface area contributed by atoms with Crippen LogP contribution >= 0.6 is 0 Å². The number of aliphatic hydroxyl groups excluding tert-OH is 3. The van der Waals surface area contributed by atoms with Crippen molar-refractivity contribution in [3.63, 3.8) is 0 Å². The van der Waals surface area contributed by atoms with Gasteiger partial charge in [0.15, 0.2) is 5.78 Å². The number of phenolic OH excluding ortho intramolecular Hbond substituents is 1. The van der Waals surface area contributed by atoms with Crippen LogP contribution in [0, 0.1) is 6.92 Å². The number of hydrogen-bond donors (Lipinski definition) is 4. The maximum atomic E-state index is 13.2. The molecule has 0 amide bonds. The van der Waals surface area contributed by atoms with E-state index < -0.39 is 49.3 Å². The molecule has 4 rings (SSSR count). The van der Waals surface area contributed by atoms with E-state index >= 15 is 0 Å². The molecule has 11 heteroatoms. The Kier molecular flexibility index (Phi) is 7.98. The van der Waals surface area contributed by atoms with Gasteiger partial charge in [0, 0.05) is 11.8 Å². The first-order valence-electron chi connectivity index (χ1n) is 11.6. The molecule has 1 saturated heterocycles. The first kappa shape index (κ1) is 26.4. The Balaban J connectivity index is 1.52. The standard InChI is InChI=1S/C26H28O11/c1-13-9-17(28)21(16(27)5-3-14-4-6-18-15(11-14)7-8-34-18)19(10-13)36-25-24(31)23(30)22(29)20(37-25)12-35-26(32)33-2/h4,6-11,20,22-25,28-31H,3,5,12H2,1-2H3/t20?,22-,23+,24?,25?/m1/s1. The number of aryl methyl sites for hydroxylation is 2. The summed E-state index contributed by atoms with van der Waals surface area (Å²) >= 11 is 0. The van der Waals surface area contributed by atoms with Crippen LogP contribution in [0.5, 0.6) is 11.5 Å². The number of aromatic hydroxyl groups is 1.